The minimum atomic E-state index is -3.10. The molecule has 1 aromatic heterocycles. The lowest BCUT2D eigenvalue weighted by Crippen LogP contribution is -2.31. The number of halogens is 1. The second-order valence-corrected chi connectivity index (χ2v) is 8.63. The van der Waals surface area contributed by atoms with Gasteiger partial charge < -0.3 is 5.32 Å². The molecule has 0 aliphatic carbocycles. The predicted molar refractivity (Wildman–Crippen MR) is 95.7 cm³/mol. The summed E-state index contributed by atoms with van der Waals surface area (Å²) in [5.41, 5.74) is 0.372. The number of sulfone groups is 1. The topological polar surface area (TPSA) is 98.1 Å². The third kappa shape index (κ3) is 4.88. The monoisotopic (exact) mass is 415 g/mol. The van der Waals surface area contributed by atoms with Gasteiger partial charge in [0, 0.05) is 29.7 Å². The minimum Gasteiger partial charge on any atom is -0.355 e. The Balaban J connectivity index is 1.97. The molecule has 0 radical (unpaired) electrons. The summed E-state index contributed by atoms with van der Waals surface area (Å²) < 4.78 is 24.8. The quantitative estimate of drug-likeness (QED) is 0.729. The summed E-state index contributed by atoms with van der Waals surface area (Å²) in [5, 5.41) is 3.02. The third-order valence-corrected chi connectivity index (χ3v) is 5.74. The highest BCUT2D eigenvalue weighted by Crippen LogP contribution is 2.14. The van der Waals surface area contributed by atoms with E-state index in [1.807, 2.05) is 0 Å². The fraction of sp³-hybridized carbons (Fsp3) is 0.400. The first kappa shape index (κ1) is 18.6. The zero-order valence-corrected chi connectivity index (χ0v) is 15.6. The van der Waals surface area contributed by atoms with Crippen molar-refractivity contribution in [1.82, 2.24) is 14.9 Å². The second kappa shape index (κ2) is 7.89. The number of rotatable bonds is 7. The number of carbonyl (C=O) groups is 1. The molecule has 24 heavy (non-hydrogen) atoms. The highest BCUT2D eigenvalue weighted by molar-refractivity contribution is 9.10. The molecule has 0 spiro atoms. The van der Waals surface area contributed by atoms with Gasteiger partial charge in [0.25, 0.3) is 5.56 Å². The molecule has 0 saturated carbocycles. The molecule has 1 heterocycles. The maximum atomic E-state index is 12.4. The van der Waals surface area contributed by atoms with Gasteiger partial charge in [-0.15, -0.1) is 0 Å². The summed E-state index contributed by atoms with van der Waals surface area (Å²) in [5.74, 6) is -0.334. The van der Waals surface area contributed by atoms with Crippen LogP contribution in [0.4, 0.5) is 0 Å². The number of amides is 1. The first-order chi connectivity index (χ1) is 11.3. The largest absolute Gasteiger partial charge is 0.355 e. The average molecular weight is 416 g/mol. The van der Waals surface area contributed by atoms with Crippen LogP contribution in [0.3, 0.4) is 0 Å². The van der Waals surface area contributed by atoms with Crippen LogP contribution >= 0.6 is 15.9 Å². The molecule has 0 fully saturated rings. The Morgan fingerprint density at radius 3 is 2.83 bits per heavy atom. The lowest BCUT2D eigenvalue weighted by atomic mass is 10.2. The van der Waals surface area contributed by atoms with Crippen LogP contribution in [0.15, 0.2) is 33.8 Å². The van der Waals surface area contributed by atoms with Gasteiger partial charge in [-0.1, -0.05) is 22.9 Å². The van der Waals surface area contributed by atoms with Crippen LogP contribution in [-0.4, -0.2) is 41.9 Å². The van der Waals surface area contributed by atoms with Crippen molar-refractivity contribution in [3.8, 4) is 0 Å². The zero-order valence-electron chi connectivity index (χ0n) is 13.2. The Kier molecular flexibility index (Phi) is 6.11. The minimum absolute atomic E-state index is 0.0522. The molecule has 1 N–H and O–H groups in total. The van der Waals surface area contributed by atoms with Gasteiger partial charge in [-0.3, -0.25) is 14.2 Å². The van der Waals surface area contributed by atoms with E-state index >= 15 is 0 Å². The summed E-state index contributed by atoms with van der Waals surface area (Å²) in [6.07, 6.45) is 1.49. The van der Waals surface area contributed by atoms with E-state index in [1.165, 1.54) is 10.9 Å². The second-order valence-electron chi connectivity index (χ2n) is 5.24. The lowest BCUT2D eigenvalue weighted by Gasteiger charge is -2.08. The van der Waals surface area contributed by atoms with Crippen molar-refractivity contribution >= 4 is 42.6 Å². The van der Waals surface area contributed by atoms with Crippen LogP contribution in [0.1, 0.15) is 13.3 Å². The third-order valence-electron chi connectivity index (χ3n) is 3.54. The van der Waals surface area contributed by atoms with Gasteiger partial charge >= 0.3 is 0 Å². The predicted octanol–water partition coefficient (Wildman–Crippen LogP) is 1.10. The number of hydrogen-bond acceptors (Lipinski definition) is 5. The molecule has 0 bridgehead atoms. The summed E-state index contributed by atoms with van der Waals surface area (Å²) >= 11 is 3.31. The lowest BCUT2D eigenvalue weighted by molar-refractivity contribution is -0.121. The van der Waals surface area contributed by atoms with Gasteiger partial charge in [-0.05, 0) is 18.2 Å². The molecule has 0 unspecified atom stereocenters. The molecular formula is C15H18BrN3O4S. The van der Waals surface area contributed by atoms with Crippen LogP contribution in [0.25, 0.3) is 10.9 Å². The number of carbonyl (C=O) groups excluding carboxylic acids is 1. The molecule has 7 nitrogen and oxygen atoms in total. The molecule has 0 aliphatic rings. The maximum absolute atomic E-state index is 12.4. The SMILES string of the molecule is CCS(=O)(=O)CCNC(=O)CCn1cnc2ccc(Br)cc2c1=O. The average Bonchev–Trinajstić information content (AvgIpc) is 2.54. The molecule has 2 aromatic rings. The number of nitrogens with one attached hydrogen (secondary N) is 1. The van der Waals surface area contributed by atoms with Gasteiger partial charge in [0.15, 0.2) is 9.84 Å². The van der Waals surface area contributed by atoms with E-state index in [-0.39, 0.29) is 42.5 Å². The van der Waals surface area contributed by atoms with Crippen molar-refractivity contribution in [2.24, 2.45) is 0 Å². The smallest absolute Gasteiger partial charge is 0.261 e. The Hall–Kier alpha value is -1.74. The molecule has 0 aliphatic heterocycles. The number of aryl methyl sites for hydroxylation is 1. The van der Waals surface area contributed by atoms with E-state index in [4.69, 9.17) is 0 Å². The van der Waals surface area contributed by atoms with E-state index in [0.717, 1.165) is 4.47 Å². The van der Waals surface area contributed by atoms with Crippen LogP contribution in [0.5, 0.6) is 0 Å². The van der Waals surface area contributed by atoms with Gasteiger partial charge in [0.05, 0.1) is 23.0 Å². The van der Waals surface area contributed by atoms with E-state index in [9.17, 15) is 18.0 Å². The van der Waals surface area contributed by atoms with Crippen LogP contribution in [0.2, 0.25) is 0 Å². The number of fused-ring (bicyclic) bond motifs is 1. The Bertz CT molecular complexity index is 909. The van der Waals surface area contributed by atoms with Crippen LogP contribution < -0.4 is 10.9 Å². The normalized spacial score (nSPS) is 11.6. The van der Waals surface area contributed by atoms with Crippen LogP contribution in [0, 0.1) is 0 Å². The van der Waals surface area contributed by atoms with Gasteiger partial charge in [0.1, 0.15) is 0 Å². The Morgan fingerprint density at radius 2 is 2.12 bits per heavy atom. The molecule has 130 valence electrons. The molecule has 1 amide bonds. The standard InChI is InChI=1S/C15H18BrN3O4S/c1-2-24(22,23)8-6-17-14(20)5-7-19-10-18-13-4-3-11(16)9-12(13)15(19)21/h3-4,9-10H,2,5-8H2,1H3,(H,17,20). The van der Waals surface area contributed by atoms with Gasteiger partial charge in [-0.2, -0.15) is 0 Å². The van der Waals surface area contributed by atoms with Crippen molar-refractivity contribution in [3.63, 3.8) is 0 Å². The number of aromatic nitrogens is 2. The van der Waals surface area contributed by atoms with Crippen molar-refractivity contribution < 1.29 is 13.2 Å². The summed E-state index contributed by atoms with van der Waals surface area (Å²) in [6.45, 7) is 1.82. The van der Waals surface area contributed by atoms with Crippen LogP contribution in [-0.2, 0) is 21.2 Å². The van der Waals surface area contributed by atoms with E-state index in [2.05, 4.69) is 26.2 Å². The van der Waals surface area contributed by atoms with Gasteiger partial charge in [-0.25, -0.2) is 13.4 Å². The molecule has 2 rings (SSSR count). The molecule has 1 aromatic carbocycles. The van der Waals surface area contributed by atoms with Gasteiger partial charge in [0.2, 0.25) is 5.91 Å². The zero-order chi connectivity index (χ0) is 17.7. The van der Waals surface area contributed by atoms with E-state index in [1.54, 1.807) is 25.1 Å². The Labute approximate surface area is 148 Å². The first-order valence-corrected chi connectivity index (χ1v) is 10.1. The Morgan fingerprint density at radius 1 is 1.38 bits per heavy atom. The molecule has 9 heteroatoms. The number of benzene rings is 1. The molecular weight excluding hydrogens is 398 g/mol. The highest BCUT2D eigenvalue weighted by atomic mass is 79.9. The van der Waals surface area contributed by atoms with Crippen molar-refractivity contribution in [2.75, 3.05) is 18.1 Å². The molecule has 0 atom stereocenters. The fourth-order valence-electron chi connectivity index (χ4n) is 2.09. The first-order valence-electron chi connectivity index (χ1n) is 7.44. The van der Waals surface area contributed by atoms with Crippen molar-refractivity contribution in [1.29, 1.82) is 0 Å². The summed E-state index contributed by atoms with van der Waals surface area (Å²) in [6, 6.07) is 5.24. The number of hydrogen-bond donors (Lipinski definition) is 1. The molecule has 0 saturated heterocycles. The highest BCUT2D eigenvalue weighted by Gasteiger charge is 2.10. The number of nitrogens with zero attached hydrogens (tertiary/aromatic N) is 2. The van der Waals surface area contributed by atoms with E-state index < -0.39 is 9.84 Å². The fourth-order valence-corrected chi connectivity index (χ4v) is 3.15. The van der Waals surface area contributed by atoms with Crippen molar-refractivity contribution in [2.45, 2.75) is 19.9 Å². The maximum Gasteiger partial charge on any atom is 0.261 e. The summed E-state index contributed by atoms with van der Waals surface area (Å²) in [4.78, 5) is 28.3. The van der Waals surface area contributed by atoms with E-state index in [0.29, 0.717) is 10.9 Å². The summed E-state index contributed by atoms with van der Waals surface area (Å²) in [7, 11) is -3.10. The van der Waals surface area contributed by atoms with Crippen molar-refractivity contribution in [3.05, 3.63) is 39.4 Å².